The zero-order valence-electron chi connectivity index (χ0n) is 11.3. The number of aliphatic carboxylic acids is 1. The molecule has 1 aromatic carbocycles. The van der Waals surface area contributed by atoms with E-state index in [2.05, 4.69) is 35.4 Å². The molecule has 0 aliphatic carbocycles. The molecule has 0 aromatic heterocycles. The van der Waals surface area contributed by atoms with Crippen LogP contribution in [0.1, 0.15) is 24.8 Å². The first-order valence-electron chi connectivity index (χ1n) is 6.74. The van der Waals surface area contributed by atoms with Gasteiger partial charge in [0.2, 0.25) is 0 Å². The number of thioether (sulfide) groups is 1. The van der Waals surface area contributed by atoms with Crippen LogP contribution in [-0.4, -0.2) is 35.3 Å². The summed E-state index contributed by atoms with van der Waals surface area (Å²) in [6, 6.07) is 8.71. The molecular formula is C15H21NO2S. The van der Waals surface area contributed by atoms with Crippen molar-refractivity contribution in [2.45, 2.75) is 30.7 Å². The van der Waals surface area contributed by atoms with Crippen LogP contribution >= 0.6 is 11.8 Å². The molecule has 0 amide bonds. The van der Waals surface area contributed by atoms with E-state index in [1.165, 1.54) is 10.5 Å². The van der Waals surface area contributed by atoms with Gasteiger partial charge in [-0.05, 0) is 55.8 Å². The Hall–Kier alpha value is -1.00. The van der Waals surface area contributed by atoms with Crippen molar-refractivity contribution in [1.29, 1.82) is 0 Å². The van der Waals surface area contributed by atoms with E-state index in [-0.39, 0.29) is 0 Å². The second-order valence-electron chi connectivity index (χ2n) is 5.17. The van der Waals surface area contributed by atoms with E-state index >= 15 is 0 Å². The number of piperidine rings is 1. The zero-order chi connectivity index (χ0) is 13.7. The third-order valence-electron chi connectivity index (χ3n) is 3.74. The number of likely N-dealkylation sites (tertiary alicyclic amines) is 1. The Labute approximate surface area is 119 Å². The van der Waals surface area contributed by atoms with Crippen LogP contribution in [0.4, 0.5) is 0 Å². The summed E-state index contributed by atoms with van der Waals surface area (Å²) >= 11 is 1.76. The Kier molecular flexibility index (Phi) is 5.28. The van der Waals surface area contributed by atoms with E-state index in [1.807, 2.05) is 0 Å². The lowest BCUT2D eigenvalue weighted by atomic mass is 9.93. The minimum atomic E-state index is -0.661. The normalized spacial score (nSPS) is 17.5. The standard InChI is InChI=1S/C15H21NO2S/c1-19-14-4-2-13(3-5-14)11-16-8-6-12(7-9-16)10-15(17)18/h2-5,12H,6-11H2,1H3,(H,17,18). The summed E-state index contributed by atoms with van der Waals surface area (Å²) in [7, 11) is 0. The molecule has 104 valence electrons. The zero-order valence-corrected chi connectivity index (χ0v) is 12.2. The van der Waals surface area contributed by atoms with Crippen molar-refractivity contribution in [2.75, 3.05) is 19.3 Å². The number of hydrogen-bond donors (Lipinski definition) is 1. The summed E-state index contributed by atoms with van der Waals surface area (Å²) in [6.45, 7) is 3.01. The van der Waals surface area contributed by atoms with Gasteiger partial charge in [0.15, 0.2) is 0 Å². The SMILES string of the molecule is CSc1ccc(CN2CCC(CC(=O)O)CC2)cc1. The molecule has 2 rings (SSSR count). The maximum atomic E-state index is 10.7. The van der Waals surface area contributed by atoms with Gasteiger partial charge in [-0.15, -0.1) is 11.8 Å². The second kappa shape index (κ2) is 6.96. The summed E-state index contributed by atoms with van der Waals surface area (Å²) in [4.78, 5) is 14.4. The molecule has 0 radical (unpaired) electrons. The molecule has 1 aliphatic heterocycles. The van der Waals surface area contributed by atoms with Gasteiger partial charge in [-0.25, -0.2) is 0 Å². The maximum Gasteiger partial charge on any atom is 0.303 e. The minimum Gasteiger partial charge on any atom is -0.481 e. The van der Waals surface area contributed by atoms with E-state index in [1.54, 1.807) is 11.8 Å². The third-order valence-corrected chi connectivity index (χ3v) is 4.48. The molecule has 0 spiro atoms. The Morgan fingerprint density at radius 3 is 2.47 bits per heavy atom. The Morgan fingerprint density at radius 1 is 1.32 bits per heavy atom. The molecule has 0 bridgehead atoms. The Morgan fingerprint density at radius 2 is 1.95 bits per heavy atom. The number of rotatable bonds is 5. The quantitative estimate of drug-likeness (QED) is 0.841. The largest absolute Gasteiger partial charge is 0.481 e. The van der Waals surface area contributed by atoms with Crippen LogP contribution in [-0.2, 0) is 11.3 Å². The van der Waals surface area contributed by atoms with E-state index in [4.69, 9.17) is 5.11 Å². The fraction of sp³-hybridized carbons (Fsp3) is 0.533. The highest BCUT2D eigenvalue weighted by atomic mass is 32.2. The molecule has 0 unspecified atom stereocenters. The first-order chi connectivity index (χ1) is 9.17. The van der Waals surface area contributed by atoms with Gasteiger partial charge in [0, 0.05) is 17.9 Å². The van der Waals surface area contributed by atoms with Crippen molar-refractivity contribution in [3.05, 3.63) is 29.8 Å². The third kappa shape index (κ3) is 4.55. The summed E-state index contributed by atoms with van der Waals surface area (Å²) < 4.78 is 0. The van der Waals surface area contributed by atoms with E-state index < -0.39 is 5.97 Å². The maximum absolute atomic E-state index is 10.7. The van der Waals surface area contributed by atoms with Gasteiger partial charge in [-0.3, -0.25) is 9.69 Å². The van der Waals surface area contributed by atoms with Crippen molar-refractivity contribution in [3.63, 3.8) is 0 Å². The van der Waals surface area contributed by atoms with Gasteiger partial charge in [-0.1, -0.05) is 12.1 Å². The molecule has 1 heterocycles. The molecule has 19 heavy (non-hydrogen) atoms. The van der Waals surface area contributed by atoms with Gasteiger partial charge in [-0.2, -0.15) is 0 Å². The molecular weight excluding hydrogens is 258 g/mol. The van der Waals surface area contributed by atoms with E-state index in [9.17, 15) is 4.79 Å². The van der Waals surface area contributed by atoms with Gasteiger partial charge in [0.1, 0.15) is 0 Å². The van der Waals surface area contributed by atoms with Gasteiger partial charge in [0.05, 0.1) is 0 Å². The van der Waals surface area contributed by atoms with Gasteiger partial charge >= 0.3 is 5.97 Å². The molecule has 1 saturated heterocycles. The number of nitrogens with zero attached hydrogens (tertiary/aromatic N) is 1. The average Bonchev–Trinajstić information content (AvgIpc) is 2.41. The minimum absolute atomic E-state index is 0.330. The van der Waals surface area contributed by atoms with Crippen LogP contribution in [0.3, 0.4) is 0 Å². The molecule has 1 N–H and O–H groups in total. The fourth-order valence-corrected chi connectivity index (χ4v) is 2.99. The average molecular weight is 279 g/mol. The molecule has 1 aromatic rings. The number of carbonyl (C=O) groups is 1. The van der Waals surface area contributed by atoms with Crippen LogP contribution < -0.4 is 0 Å². The van der Waals surface area contributed by atoms with Crippen LogP contribution in [0.25, 0.3) is 0 Å². The monoisotopic (exact) mass is 279 g/mol. The van der Waals surface area contributed by atoms with Crippen LogP contribution in [0.5, 0.6) is 0 Å². The summed E-state index contributed by atoms with van der Waals surface area (Å²) in [5.74, 6) is -0.293. The highest BCUT2D eigenvalue weighted by molar-refractivity contribution is 7.98. The molecule has 1 aliphatic rings. The summed E-state index contributed by atoms with van der Waals surface area (Å²) in [5, 5.41) is 8.80. The van der Waals surface area contributed by atoms with Gasteiger partial charge < -0.3 is 5.11 Å². The predicted octanol–water partition coefficient (Wildman–Crippen LogP) is 3.10. The number of carboxylic acids is 1. The highest BCUT2D eigenvalue weighted by Gasteiger charge is 2.21. The topological polar surface area (TPSA) is 40.5 Å². The molecule has 4 heteroatoms. The predicted molar refractivity (Wildman–Crippen MR) is 78.5 cm³/mol. The lowest BCUT2D eigenvalue weighted by Gasteiger charge is -2.31. The van der Waals surface area contributed by atoms with Crippen LogP contribution in [0, 0.1) is 5.92 Å². The smallest absolute Gasteiger partial charge is 0.303 e. The summed E-state index contributed by atoms with van der Waals surface area (Å²) in [6.07, 6.45) is 4.43. The lowest BCUT2D eigenvalue weighted by Crippen LogP contribution is -2.33. The molecule has 0 atom stereocenters. The van der Waals surface area contributed by atoms with Crippen molar-refractivity contribution in [3.8, 4) is 0 Å². The van der Waals surface area contributed by atoms with Crippen molar-refractivity contribution >= 4 is 17.7 Å². The van der Waals surface area contributed by atoms with E-state index in [0.717, 1.165) is 32.5 Å². The number of hydrogen-bond acceptors (Lipinski definition) is 3. The highest BCUT2D eigenvalue weighted by Crippen LogP contribution is 2.22. The molecule has 1 fully saturated rings. The van der Waals surface area contributed by atoms with Crippen molar-refractivity contribution in [2.24, 2.45) is 5.92 Å². The Bertz CT molecular complexity index is 411. The van der Waals surface area contributed by atoms with Crippen molar-refractivity contribution in [1.82, 2.24) is 4.90 Å². The molecule has 0 saturated carbocycles. The van der Waals surface area contributed by atoms with Gasteiger partial charge in [0.25, 0.3) is 0 Å². The summed E-state index contributed by atoms with van der Waals surface area (Å²) in [5.41, 5.74) is 1.34. The second-order valence-corrected chi connectivity index (χ2v) is 6.05. The lowest BCUT2D eigenvalue weighted by molar-refractivity contribution is -0.138. The van der Waals surface area contributed by atoms with Crippen LogP contribution in [0.2, 0.25) is 0 Å². The molecule has 3 nitrogen and oxygen atoms in total. The number of benzene rings is 1. The first kappa shape index (κ1) is 14.4. The first-order valence-corrected chi connectivity index (χ1v) is 7.97. The fourth-order valence-electron chi connectivity index (χ4n) is 2.58. The van der Waals surface area contributed by atoms with Crippen molar-refractivity contribution < 1.29 is 9.90 Å². The Balaban J connectivity index is 1.80. The number of carboxylic acid groups (broad SMARTS) is 1. The van der Waals surface area contributed by atoms with Crippen LogP contribution in [0.15, 0.2) is 29.2 Å². The van der Waals surface area contributed by atoms with E-state index in [0.29, 0.717) is 12.3 Å².